The lowest BCUT2D eigenvalue weighted by Gasteiger charge is -2.20. The third-order valence-corrected chi connectivity index (χ3v) is 4.19. The van der Waals surface area contributed by atoms with Crippen molar-refractivity contribution < 1.29 is 14.3 Å². The summed E-state index contributed by atoms with van der Waals surface area (Å²) in [5.41, 5.74) is 1.25. The Hall–Kier alpha value is -2.41. The minimum Gasteiger partial charge on any atom is -0.481 e. The lowest BCUT2D eigenvalue weighted by molar-refractivity contribution is -0.129. The number of carbonyl (C=O) groups excluding carboxylic acids is 2. The van der Waals surface area contributed by atoms with E-state index in [1.165, 1.54) is 16.9 Å². The summed E-state index contributed by atoms with van der Waals surface area (Å²) in [5, 5.41) is 7.41. The molecule has 25 heavy (non-hydrogen) atoms. The molecule has 0 radical (unpaired) electrons. The molecule has 1 aromatic heterocycles. The van der Waals surface area contributed by atoms with E-state index in [1.54, 1.807) is 18.5 Å². The first kappa shape index (κ1) is 18.9. The monoisotopic (exact) mass is 361 g/mol. The van der Waals surface area contributed by atoms with E-state index in [4.69, 9.17) is 4.74 Å². The molecule has 0 aliphatic carbocycles. The molecule has 0 aliphatic heterocycles. The molecule has 134 valence electrons. The highest BCUT2D eigenvalue weighted by atomic mass is 32.1. The first-order chi connectivity index (χ1) is 11.8. The third-order valence-electron chi connectivity index (χ3n) is 3.50. The molecular weight excluding hydrogens is 338 g/mol. The van der Waals surface area contributed by atoms with Gasteiger partial charge in [-0.25, -0.2) is 4.98 Å². The Bertz CT molecular complexity index is 706. The van der Waals surface area contributed by atoms with Gasteiger partial charge in [-0.15, -0.1) is 11.3 Å². The topological polar surface area (TPSA) is 80.3 Å². The molecule has 0 unspecified atom stereocenters. The van der Waals surface area contributed by atoms with Crippen molar-refractivity contribution in [2.75, 3.05) is 11.9 Å². The summed E-state index contributed by atoms with van der Waals surface area (Å²) in [4.78, 5) is 27.7. The van der Waals surface area contributed by atoms with Gasteiger partial charge in [0.1, 0.15) is 5.75 Å². The van der Waals surface area contributed by atoms with Gasteiger partial charge in [0.05, 0.1) is 6.54 Å². The Morgan fingerprint density at radius 2 is 1.92 bits per heavy atom. The van der Waals surface area contributed by atoms with E-state index in [9.17, 15) is 9.59 Å². The molecule has 0 fully saturated rings. The maximum atomic E-state index is 12.1. The molecular formula is C18H23N3O3S. The zero-order chi connectivity index (χ0) is 18.4. The van der Waals surface area contributed by atoms with E-state index < -0.39 is 6.10 Å². The van der Waals surface area contributed by atoms with E-state index in [2.05, 4.69) is 36.4 Å². The van der Waals surface area contributed by atoms with Gasteiger partial charge in [0.15, 0.2) is 11.2 Å². The van der Waals surface area contributed by atoms with Crippen LogP contribution in [0.5, 0.6) is 5.75 Å². The number of carbonyl (C=O) groups is 2. The molecule has 0 bridgehead atoms. The van der Waals surface area contributed by atoms with Gasteiger partial charge < -0.3 is 15.4 Å². The first-order valence-electron chi connectivity index (χ1n) is 8.00. The summed E-state index contributed by atoms with van der Waals surface area (Å²) < 4.78 is 5.63. The summed E-state index contributed by atoms with van der Waals surface area (Å²) in [7, 11) is 0. The summed E-state index contributed by atoms with van der Waals surface area (Å²) in [5.74, 6) is -0.0675. The lowest BCUT2D eigenvalue weighted by Crippen LogP contribution is -2.40. The van der Waals surface area contributed by atoms with Crippen molar-refractivity contribution in [2.24, 2.45) is 0 Å². The molecule has 2 rings (SSSR count). The molecule has 0 saturated heterocycles. The van der Waals surface area contributed by atoms with Gasteiger partial charge in [-0.05, 0) is 30.0 Å². The van der Waals surface area contributed by atoms with Crippen molar-refractivity contribution in [1.29, 1.82) is 0 Å². The molecule has 6 nitrogen and oxygen atoms in total. The molecule has 2 N–H and O–H groups in total. The number of hydrogen-bond acceptors (Lipinski definition) is 5. The molecule has 0 aliphatic rings. The van der Waals surface area contributed by atoms with Crippen LogP contribution in [0.3, 0.4) is 0 Å². The van der Waals surface area contributed by atoms with Crippen LogP contribution in [0.15, 0.2) is 35.8 Å². The number of nitrogens with zero attached hydrogens (tertiary/aromatic N) is 1. The number of benzene rings is 1. The third kappa shape index (κ3) is 5.86. The Morgan fingerprint density at radius 3 is 2.48 bits per heavy atom. The minimum atomic E-state index is -0.701. The highest BCUT2D eigenvalue weighted by Crippen LogP contribution is 2.24. The smallest absolute Gasteiger partial charge is 0.261 e. The van der Waals surface area contributed by atoms with Crippen molar-refractivity contribution in [3.05, 3.63) is 41.4 Å². The Kier molecular flexibility index (Phi) is 6.14. The van der Waals surface area contributed by atoms with Crippen molar-refractivity contribution in [3.63, 3.8) is 0 Å². The van der Waals surface area contributed by atoms with Crippen molar-refractivity contribution in [1.82, 2.24) is 10.3 Å². The fraction of sp³-hybridized carbons (Fsp3) is 0.389. The quantitative estimate of drug-likeness (QED) is 0.829. The molecule has 1 aromatic carbocycles. The Labute approximate surface area is 151 Å². The van der Waals surface area contributed by atoms with E-state index in [0.29, 0.717) is 10.9 Å². The van der Waals surface area contributed by atoms with Gasteiger partial charge in [-0.3, -0.25) is 9.59 Å². The first-order valence-corrected chi connectivity index (χ1v) is 8.88. The Morgan fingerprint density at radius 1 is 1.24 bits per heavy atom. The number of aromatic nitrogens is 1. The van der Waals surface area contributed by atoms with Crippen LogP contribution in [0.25, 0.3) is 0 Å². The van der Waals surface area contributed by atoms with Crippen LogP contribution in [0.2, 0.25) is 0 Å². The van der Waals surface area contributed by atoms with Gasteiger partial charge in [0.2, 0.25) is 5.91 Å². The van der Waals surface area contributed by atoms with Crippen LogP contribution in [0.4, 0.5) is 5.13 Å². The second-order valence-corrected chi connectivity index (χ2v) is 7.53. The fourth-order valence-electron chi connectivity index (χ4n) is 2.05. The highest BCUT2D eigenvalue weighted by molar-refractivity contribution is 7.13. The number of ether oxygens (including phenoxy) is 1. The second kappa shape index (κ2) is 8.11. The predicted octanol–water partition coefficient (Wildman–Crippen LogP) is 2.96. The molecule has 0 saturated carbocycles. The molecule has 2 aromatic rings. The fourth-order valence-corrected chi connectivity index (χ4v) is 2.60. The number of thiazole rings is 1. The number of anilines is 1. The van der Waals surface area contributed by atoms with Crippen LogP contribution in [-0.4, -0.2) is 29.4 Å². The van der Waals surface area contributed by atoms with E-state index in [1.807, 2.05) is 24.3 Å². The molecule has 0 spiro atoms. The normalized spacial score (nSPS) is 12.3. The second-order valence-electron chi connectivity index (χ2n) is 6.64. The Balaban J connectivity index is 1.80. The van der Waals surface area contributed by atoms with Gasteiger partial charge in [0.25, 0.3) is 5.91 Å². The summed E-state index contributed by atoms with van der Waals surface area (Å²) in [6.07, 6.45) is 0.896. The number of hydrogen-bond donors (Lipinski definition) is 2. The molecule has 2 amide bonds. The molecule has 1 atom stereocenters. The van der Waals surface area contributed by atoms with Crippen molar-refractivity contribution in [2.45, 2.75) is 39.2 Å². The lowest BCUT2D eigenvalue weighted by atomic mass is 9.87. The average Bonchev–Trinajstić information content (AvgIpc) is 3.05. The van der Waals surface area contributed by atoms with Crippen LogP contribution in [0, 0.1) is 0 Å². The van der Waals surface area contributed by atoms with Gasteiger partial charge >= 0.3 is 0 Å². The number of amides is 2. The summed E-state index contributed by atoms with van der Waals surface area (Å²) in [6.45, 7) is 7.92. The molecule has 7 heteroatoms. The van der Waals surface area contributed by atoms with E-state index in [0.717, 1.165) is 0 Å². The summed E-state index contributed by atoms with van der Waals surface area (Å²) >= 11 is 1.32. The van der Waals surface area contributed by atoms with E-state index >= 15 is 0 Å². The van der Waals surface area contributed by atoms with Gasteiger partial charge in [-0.2, -0.15) is 0 Å². The van der Waals surface area contributed by atoms with E-state index in [-0.39, 0.29) is 23.8 Å². The van der Waals surface area contributed by atoms with Crippen molar-refractivity contribution >= 4 is 28.3 Å². The SMILES string of the molecule is C[C@@H](Oc1ccc(C(C)(C)C)cc1)C(=O)NCC(=O)Nc1nccs1. The summed E-state index contributed by atoms with van der Waals surface area (Å²) in [6, 6.07) is 7.67. The van der Waals surface area contributed by atoms with Gasteiger partial charge in [-0.1, -0.05) is 32.9 Å². The van der Waals surface area contributed by atoms with Gasteiger partial charge in [0, 0.05) is 11.6 Å². The number of nitrogens with one attached hydrogen (secondary N) is 2. The van der Waals surface area contributed by atoms with Crippen LogP contribution >= 0.6 is 11.3 Å². The minimum absolute atomic E-state index is 0.0618. The zero-order valence-corrected chi connectivity index (χ0v) is 15.6. The average molecular weight is 361 g/mol. The largest absolute Gasteiger partial charge is 0.481 e. The zero-order valence-electron chi connectivity index (χ0n) is 14.8. The standard InChI is InChI=1S/C18H23N3O3S/c1-12(24-14-7-5-13(6-8-14)18(2,3)4)16(23)20-11-15(22)21-17-19-9-10-25-17/h5-10,12H,11H2,1-4H3,(H,20,23)(H,19,21,22)/t12-/m1/s1. The maximum Gasteiger partial charge on any atom is 0.261 e. The molecule has 1 heterocycles. The highest BCUT2D eigenvalue weighted by Gasteiger charge is 2.17. The van der Waals surface area contributed by atoms with Crippen LogP contribution < -0.4 is 15.4 Å². The van der Waals surface area contributed by atoms with Crippen LogP contribution in [-0.2, 0) is 15.0 Å². The van der Waals surface area contributed by atoms with Crippen molar-refractivity contribution in [3.8, 4) is 5.75 Å². The van der Waals surface area contributed by atoms with Crippen LogP contribution in [0.1, 0.15) is 33.3 Å². The maximum absolute atomic E-state index is 12.1. The predicted molar refractivity (Wildman–Crippen MR) is 99.0 cm³/mol. The number of rotatable bonds is 6.